The van der Waals surface area contributed by atoms with Gasteiger partial charge in [0, 0.05) is 17.6 Å². The molecular formula is C16H19BrN4O. The van der Waals surface area contributed by atoms with Gasteiger partial charge in [-0.05, 0) is 40.9 Å². The first-order valence-electron chi connectivity index (χ1n) is 7.61. The molecule has 0 aliphatic heterocycles. The lowest BCUT2D eigenvalue weighted by atomic mass is 9.94. The van der Waals surface area contributed by atoms with Gasteiger partial charge in [0.2, 0.25) is 0 Å². The Kier molecular flexibility index (Phi) is 4.57. The molecule has 1 amide bonds. The van der Waals surface area contributed by atoms with Crippen LogP contribution in [0.25, 0.3) is 5.69 Å². The van der Waals surface area contributed by atoms with Crippen LogP contribution < -0.4 is 0 Å². The summed E-state index contributed by atoms with van der Waals surface area (Å²) in [5, 5.41) is 8.14. The standard InChI is InChI=1S/C16H19BrN4O/c1-20(12-7-3-2-4-8-12)16(22)14-11-21(19-18-14)15-10-6-5-9-13(15)17/h5-6,9-12H,2-4,7-8H2,1H3. The molecule has 2 aromatic rings. The molecule has 3 rings (SSSR count). The van der Waals surface area contributed by atoms with Gasteiger partial charge in [-0.25, -0.2) is 4.68 Å². The number of aromatic nitrogens is 3. The Morgan fingerprint density at radius 3 is 2.73 bits per heavy atom. The minimum absolute atomic E-state index is 0.0507. The Morgan fingerprint density at radius 2 is 2.00 bits per heavy atom. The Morgan fingerprint density at radius 1 is 1.27 bits per heavy atom. The summed E-state index contributed by atoms with van der Waals surface area (Å²) in [5.41, 5.74) is 1.26. The van der Waals surface area contributed by atoms with Crippen LogP contribution in [-0.4, -0.2) is 38.9 Å². The zero-order chi connectivity index (χ0) is 15.5. The summed E-state index contributed by atoms with van der Waals surface area (Å²) in [6.07, 6.45) is 7.54. The Bertz CT molecular complexity index is 664. The maximum Gasteiger partial charge on any atom is 0.276 e. The van der Waals surface area contributed by atoms with Crippen molar-refractivity contribution in [1.82, 2.24) is 19.9 Å². The molecule has 0 radical (unpaired) electrons. The highest BCUT2D eigenvalue weighted by molar-refractivity contribution is 9.10. The number of amides is 1. The van der Waals surface area contributed by atoms with Crippen molar-refractivity contribution in [2.45, 2.75) is 38.1 Å². The van der Waals surface area contributed by atoms with Gasteiger partial charge in [0.25, 0.3) is 5.91 Å². The van der Waals surface area contributed by atoms with Crippen molar-refractivity contribution < 1.29 is 4.79 Å². The Hall–Kier alpha value is -1.69. The second-order valence-corrected chi connectivity index (χ2v) is 6.56. The summed E-state index contributed by atoms with van der Waals surface area (Å²) in [5.74, 6) is -0.0507. The maximum atomic E-state index is 12.6. The third-order valence-electron chi connectivity index (χ3n) is 4.25. The number of carbonyl (C=O) groups excluding carboxylic acids is 1. The van der Waals surface area contributed by atoms with E-state index in [2.05, 4.69) is 26.2 Å². The summed E-state index contributed by atoms with van der Waals surface area (Å²) in [6.45, 7) is 0. The SMILES string of the molecule is CN(C(=O)c1cn(-c2ccccc2Br)nn1)C1CCCCC1. The van der Waals surface area contributed by atoms with Crippen LogP contribution in [0.4, 0.5) is 0 Å². The average Bonchev–Trinajstić information content (AvgIpc) is 3.04. The normalized spacial score (nSPS) is 15.7. The zero-order valence-corrected chi connectivity index (χ0v) is 14.2. The Labute approximate surface area is 138 Å². The molecule has 1 fully saturated rings. The van der Waals surface area contributed by atoms with Crippen molar-refractivity contribution in [1.29, 1.82) is 0 Å². The molecule has 1 aliphatic rings. The van der Waals surface area contributed by atoms with Gasteiger partial charge in [0.1, 0.15) is 0 Å². The number of nitrogens with zero attached hydrogens (tertiary/aromatic N) is 4. The van der Waals surface area contributed by atoms with Gasteiger partial charge in [-0.15, -0.1) is 5.10 Å². The molecule has 0 saturated heterocycles. The molecule has 1 aromatic carbocycles. The number of carbonyl (C=O) groups is 1. The molecule has 5 nitrogen and oxygen atoms in total. The lowest BCUT2D eigenvalue weighted by molar-refractivity contribution is 0.0690. The fourth-order valence-electron chi connectivity index (χ4n) is 2.93. The number of benzene rings is 1. The summed E-state index contributed by atoms with van der Waals surface area (Å²) in [4.78, 5) is 14.4. The molecule has 0 N–H and O–H groups in total. The van der Waals surface area contributed by atoms with E-state index in [1.807, 2.05) is 36.2 Å². The maximum absolute atomic E-state index is 12.6. The highest BCUT2D eigenvalue weighted by atomic mass is 79.9. The van der Waals surface area contributed by atoms with Gasteiger partial charge in [-0.1, -0.05) is 36.6 Å². The molecule has 1 aliphatic carbocycles. The highest BCUT2D eigenvalue weighted by Gasteiger charge is 2.25. The molecule has 1 heterocycles. The molecular weight excluding hydrogens is 344 g/mol. The Balaban J connectivity index is 1.78. The van der Waals surface area contributed by atoms with Crippen molar-refractivity contribution in [3.8, 4) is 5.69 Å². The quantitative estimate of drug-likeness (QED) is 0.840. The summed E-state index contributed by atoms with van der Waals surface area (Å²) >= 11 is 3.49. The zero-order valence-electron chi connectivity index (χ0n) is 12.6. The van der Waals surface area contributed by atoms with Crippen LogP contribution in [0.15, 0.2) is 34.9 Å². The number of halogens is 1. The van der Waals surface area contributed by atoms with Gasteiger partial charge < -0.3 is 4.90 Å². The van der Waals surface area contributed by atoms with E-state index in [0.29, 0.717) is 11.7 Å². The van der Waals surface area contributed by atoms with E-state index in [9.17, 15) is 4.79 Å². The van der Waals surface area contributed by atoms with E-state index in [1.54, 1.807) is 10.9 Å². The van der Waals surface area contributed by atoms with E-state index in [0.717, 1.165) is 23.0 Å². The van der Waals surface area contributed by atoms with E-state index in [-0.39, 0.29) is 5.91 Å². The van der Waals surface area contributed by atoms with Crippen molar-refractivity contribution in [3.63, 3.8) is 0 Å². The number of hydrogen-bond donors (Lipinski definition) is 0. The van der Waals surface area contributed by atoms with Gasteiger partial charge in [0.05, 0.1) is 11.9 Å². The first kappa shape index (κ1) is 15.2. The third kappa shape index (κ3) is 3.06. The molecule has 0 atom stereocenters. The van der Waals surface area contributed by atoms with Crippen LogP contribution in [-0.2, 0) is 0 Å². The molecule has 1 saturated carbocycles. The second-order valence-electron chi connectivity index (χ2n) is 5.71. The van der Waals surface area contributed by atoms with Crippen molar-refractivity contribution >= 4 is 21.8 Å². The first-order chi connectivity index (χ1) is 10.7. The lowest BCUT2D eigenvalue weighted by Crippen LogP contribution is -2.38. The summed E-state index contributed by atoms with van der Waals surface area (Å²) in [6, 6.07) is 8.06. The molecule has 6 heteroatoms. The van der Waals surface area contributed by atoms with Crippen LogP contribution in [0.3, 0.4) is 0 Å². The van der Waals surface area contributed by atoms with Crippen LogP contribution in [0.5, 0.6) is 0 Å². The average molecular weight is 363 g/mol. The van der Waals surface area contributed by atoms with Gasteiger partial charge in [-0.2, -0.15) is 0 Å². The lowest BCUT2D eigenvalue weighted by Gasteiger charge is -2.30. The van der Waals surface area contributed by atoms with Gasteiger partial charge in [0.15, 0.2) is 5.69 Å². The summed E-state index contributed by atoms with van der Waals surface area (Å²) < 4.78 is 2.55. The predicted octanol–water partition coefficient (Wildman–Crippen LogP) is 3.43. The molecule has 0 unspecified atom stereocenters. The predicted molar refractivity (Wildman–Crippen MR) is 88.0 cm³/mol. The van der Waals surface area contributed by atoms with E-state index in [1.165, 1.54) is 19.3 Å². The van der Waals surface area contributed by atoms with Crippen molar-refractivity contribution in [2.75, 3.05) is 7.05 Å². The van der Waals surface area contributed by atoms with Crippen LogP contribution >= 0.6 is 15.9 Å². The highest BCUT2D eigenvalue weighted by Crippen LogP contribution is 2.23. The number of para-hydroxylation sites is 1. The smallest absolute Gasteiger partial charge is 0.276 e. The fourth-order valence-corrected chi connectivity index (χ4v) is 3.40. The third-order valence-corrected chi connectivity index (χ3v) is 4.93. The van der Waals surface area contributed by atoms with Crippen LogP contribution in [0.2, 0.25) is 0 Å². The molecule has 22 heavy (non-hydrogen) atoms. The van der Waals surface area contributed by atoms with Gasteiger partial charge in [-0.3, -0.25) is 4.79 Å². The summed E-state index contributed by atoms with van der Waals surface area (Å²) in [7, 11) is 1.87. The van der Waals surface area contributed by atoms with E-state index >= 15 is 0 Å². The minimum atomic E-state index is -0.0507. The number of rotatable bonds is 3. The molecule has 1 aromatic heterocycles. The largest absolute Gasteiger partial charge is 0.337 e. The monoisotopic (exact) mass is 362 g/mol. The topological polar surface area (TPSA) is 51.0 Å². The number of hydrogen-bond acceptors (Lipinski definition) is 3. The van der Waals surface area contributed by atoms with E-state index < -0.39 is 0 Å². The molecule has 0 bridgehead atoms. The molecule has 116 valence electrons. The first-order valence-corrected chi connectivity index (χ1v) is 8.40. The van der Waals surface area contributed by atoms with Crippen LogP contribution in [0.1, 0.15) is 42.6 Å². The van der Waals surface area contributed by atoms with E-state index in [4.69, 9.17) is 0 Å². The van der Waals surface area contributed by atoms with Crippen LogP contribution in [0, 0.1) is 0 Å². The van der Waals surface area contributed by atoms with Crippen molar-refractivity contribution in [2.24, 2.45) is 0 Å². The molecule has 0 spiro atoms. The minimum Gasteiger partial charge on any atom is -0.337 e. The fraction of sp³-hybridized carbons (Fsp3) is 0.438. The van der Waals surface area contributed by atoms with Crippen molar-refractivity contribution in [3.05, 3.63) is 40.6 Å². The van der Waals surface area contributed by atoms with Gasteiger partial charge >= 0.3 is 0 Å². The second kappa shape index (κ2) is 6.60.